The molecule has 0 saturated carbocycles. The van der Waals surface area contributed by atoms with Crippen LogP contribution in [0, 0.1) is 6.92 Å². The van der Waals surface area contributed by atoms with E-state index < -0.39 is 10.8 Å². The average Bonchev–Trinajstić information content (AvgIpc) is 2.37. The van der Waals surface area contributed by atoms with E-state index >= 15 is 0 Å². The highest BCUT2D eigenvalue weighted by atomic mass is 32.2. The van der Waals surface area contributed by atoms with Crippen LogP contribution in [0.3, 0.4) is 0 Å². The monoisotopic (exact) mass is 281 g/mol. The summed E-state index contributed by atoms with van der Waals surface area (Å²) in [5.74, 6) is 0.675. The number of rotatable bonds is 6. The van der Waals surface area contributed by atoms with E-state index in [9.17, 15) is 9.00 Å². The minimum atomic E-state index is -0.924. The van der Waals surface area contributed by atoms with Crippen molar-refractivity contribution in [2.75, 3.05) is 19.8 Å². The lowest BCUT2D eigenvalue weighted by atomic mass is 10.1. The lowest BCUT2D eigenvalue weighted by molar-refractivity contribution is -0.128. The minimum absolute atomic E-state index is 0.0226. The third-order valence-electron chi connectivity index (χ3n) is 3.14. The summed E-state index contributed by atoms with van der Waals surface area (Å²) in [6, 6.07) is 8.12. The number of carbonyl (C=O) groups excluding carboxylic acids is 1. The van der Waals surface area contributed by atoms with Gasteiger partial charge in [-0.3, -0.25) is 9.00 Å². The Hall–Kier alpha value is -1.16. The minimum Gasteiger partial charge on any atom is -0.349 e. The number of nitrogens with zero attached hydrogens (tertiary/aromatic N) is 1. The molecular formula is C15H23NO2S. The fraction of sp³-hybridized carbons (Fsp3) is 0.533. The molecule has 0 spiro atoms. The third kappa shape index (κ3) is 5.15. The zero-order chi connectivity index (χ0) is 14.4. The van der Waals surface area contributed by atoms with Gasteiger partial charge in [0.05, 0.1) is 5.25 Å². The Kier molecular flexibility index (Phi) is 6.22. The molecule has 4 heteroatoms. The summed E-state index contributed by atoms with van der Waals surface area (Å²) in [4.78, 5) is 13.0. The van der Waals surface area contributed by atoms with Gasteiger partial charge in [-0.15, -0.1) is 0 Å². The highest BCUT2D eigenvalue weighted by Gasteiger charge is 2.14. The highest BCUT2D eigenvalue weighted by Crippen LogP contribution is 2.21. The second-order valence-corrected chi connectivity index (χ2v) is 6.91. The molecule has 1 aromatic rings. The Labute approximate surface area is 118 Å². The lowest BCUT2D eigenvalue weighted by Gasteiger charge is -2.13. The number of hydrogen-bond acceptors (Lipinski definition) is 2. The maximum Gasteiger partial charge on any atom is 0.222 e. The van der Waals surface area contributed by atoms with Crippen LogP contribution in [0.1, 0.15) is 36.1 Å². The Morgan fingerprint density at radius 1 is 1.37 bits per heavy atom. The van der Waals surface area contributed by atoms with Crippen molar-refractivity contribution in [1.82, 2.24) is 4.90 Å². The number of amides is 1. The van der Waals surface area contributed by atoms with Crippen LogP contribution in [0.5, 0.6) is 0 Å². The molecule has 1 amide bonds. The van der Waals surface area contributed by atoms with Gasteiger partial charge >= 0.3 is 0 Å². The van der Waals surface area contributed by atoms with E-state index in [1.54, 1.807) is 19.0 Å². The smallest absolute Gasteiger partial charge is 0.222 e. The van der Waals surface area contributed by atoms with Gasteiger partial charge in [0.2, 0.25) is 5.91 Å². The van der Waals surface area contributed by atoms with Gasteiger partial charge in [-0.25, -0.2) is 0 Å². The molecule has 0 aromatic heterocycles. The lowest BCUT2D eigenvalue weighted by Crippen LogP contribution is -2.22. The predicted molar refractivity (Wildman–Crippen MR) is 80.5 cm³/mol. The first kappa shape index (κ1) is 15.9. The molecule has 0 saturated heterocycles. The first-order chi connectivity index (χ1) is 8.91. The average molecular weight is 281 g/mol. The first-order valence-electron chi connectivity index (χ1n) is 6.55. The molecule has 2 unspecified atom stereocenters. The van der Waals surface area contributed by atoms with Gasteiger partial charge in [0.1, 0.15) is 0 Å². The molecule has 0 aliphatic heterocycles. The highest BCUT2D eigenvalue weighted by molar-refractivity contribution is 7.85. The molecule has 0 heterocycles. The van der Waals surface area contributed by atoms with Gasteiger partial charge < -0.3 is 4.90 Å². The number of benzene rings is 1. The second-order valence-electron chi connectivity index (χ2n) is 5.03. The summed E-state index contributed by atoms with van der Waals surface area (Å²) in [6.45, 7) is 4.02. The van der Waals surface area contributed by atoms with E-state index in [1.165, 1.54) is 5.56 Å². The van der Waals surface area contributed by atoms with Crippen LogP contribution >= 0.6 is 0 Å². The van der Waals surface area contributed by atoms with Crippen molar-refractivity contribution in [2.45, 2.75) is 31.9 Å². The second kappa shape index (κ2) is 7.43. The molecule has 0 N–H and O–H groups in total. The van der Waals surface area contributed by atoms with Crippen molar-refractivity contribution in [3.05, 3.63) is 35.4 Å². The molecule has 1 rings (SSSR count). The van der Waals surface area contributed by atoms with Crippen molar-refractivity contribution >= 4 is 16.7 Å². The number of hydrogen-bond donors (Lipinski definition) is 0. The van der Waals surface area contributed by atoms with Crippen molar-refractivity contribution in [3.8, 4) is 0 Å². The van der Waals surface area contributed by atoms with Crippen LogP contribution in [-0.4, -0.2) is 34.9 Å². The fourth-order valence-corrected chi connectivity index (χ4v) is 3.07. The van der Waals surface area contributed by atoms with E-state index in [1.807, 2.05) is 32.0 Å². The summed E-state index contributed by atoms with van der Waals surface area (Å²) in [7, 11) is 2.57. The van der Waals surface area contributed by atoms with Gasteiger partial charge in [0, 0.05) is 37.1 Å². The predicted octanol–water partition coefficient (Wildman–Crippen LogP) is 2.67. The van der Waals surface area contributed by atoms with E-state index in [0.29, 0.717) is 18.6 Å². The molecule has 19 heavy (non-hydrogen) atoms. The molecule has 0 bridgehead atoms. The van der Waals surface area contributed by atoms with Gasteiger partial charge in [-0.2, -0.15) is 0 Å². The van der Waals surface area contributed by atoms with Crippen LogP contribution in [0.15, 0.2) is 24.3 Å². The summed E-state index contributed by atoms with van der Waals surface area (Å²) in [5, 5.41) is 0.0226. The summed E-state index contributed by atoms with van der Waals surface area (Å²) in [5.41, 5.74) is 2.29. The number of carbonyl (C=O) groups is 1. The quantitative estimate of drug-likeness (QED) is 0.804. The SMILES string of the molecule is Cc1cccc(C(C)S(=O)CCCC(=O)N(C)C)c1. The Morgan fingerprint density at radius 3 is 2.63 bits per heavy atom. The standard InChI is InChI=1S/C15H23NO2S/c1-12-7-5-8-14(11-12)13(2)19(18)10-6-9-15(17)16(3)4/h5,7-8,11,13H,6,9-10H2,1-4H3. The van der Waals surface area contributed by atoms with Crippen LogP contribution in [0.2, 0.25) is 0 Å². The zero-order valence-corrected chi connectivity index (χ0v) is 13.0. The molecular weight excluding hydrogens is 258 g/mol. The van der Waals surface area contributed by atoms with Gasteiger partial charge in [-0.05, 0) is 25.8 Å². The van der Waals surface area contributed by atoms with Gasteiger partial charge in [-0.1, -0.05) is 29.8 Å². The van der Waals surface area contributed by atoms with Gasteiger partial charge in [0.15, 0.2) is 0 Å². The van der Waals surface area contributed by atoms with Crippen molar-refractivity contribution in [2.24, 2.45) is 0 Å². The van der Waals surface area contributed by atoms with Crippen LogP contribution in [0.4, 0.5) is 0 Å². The molecule has 0 radical (unpaired) electrons. The molecule has 0 fully saturated rings. The summed E-state index contributed by atoms with van der Waals surface area (Å²) in [6.07, 6.45) is 1.15. The van der Waals surface area contributed by atoms with E-state index in [2.05, 4.69) is 6.07 Å². The summed E-state index contributed by atoms with van der Waals surface area (Å²) < 4.78 is 12.2. The molecule has 0 aliphatic rings. The largest absolute Gasteiger partial charge is 0.349 e. The first-order valence-corrected chi connectivity index (χ1v) is 7.94. The topological polar surface area (TPSA) is 37.4 Å². The number of aryl methyl sites for hydroxylation is 1. The molecule has 106 valence electrons. The molecule has 3 nitrogen and oxygen atoms in total. The molecule has 0 aliphatic carbocycles. The normalized spacial score (nSPS) is 13.9. The Bertz CT molecular complexity index is 457. The fourth-order valence-electron chi connectivity index (χ4n) is 1.84. The van der Waals surface area contributed by atoms with Crippen molar-refractivity contribution in [1.29, 1.82) is 0 Å². The van der Waals surface area contributed by atoms with E-state index in [4.69, 9.17) is 0 Å². The van der Waals surface area contributed by atoms with Crippen molar-refractivity contribution < 1.29 is 9.00 Å². The maximum absolute atomic E-state index is 12.2. The summed E-state index contributed by atoms with van der Waals surface area (Å²) >= 11 is 0. The zero-order valence-electron chi connectivity index (χ0n) is 12.2. The van der Waals surface area contributed by atoms with E-state index in [-0.39, 0.29) is 11.2 Å². The Morgan fingerprint density at radius 2 is 2.05 bits per heavy atom. The van der Waals surface area contributed by atoms with Gasteiger partial charge in [0.25, 0.3) is 0 Å². The third-order valence-corrected chi connectivity index (χ3v) is 4.89. The van der Waals surface area contributed by atoms with Crippen LogP contribution in [-0.2, 0) is 15.6 Å². The Balaban J connectivity index is 2.48. The molecule has 2 atom stereocenters. The van der Waals surface area contributed by atoms with Crippen molar-refractivity contribution in [3.63, 3.8) is 0 Å². The molecule has 1 aromatic carbocycles. The van der Waals surface area contributed by atoms with E-state index in [0.717, 1.165) is 5.56 Å². The van der Waals surface area contributed by atoms with Crippen LogP contribution < -0.4 is 0 Å². The van der Waals surface area contributed by atoms with Crippen LogP contribution in [0.25, 0.3) is 0 Å². The maximum atomic E-state index is 12.2.